The van der Waals surface area contributed by atoms with Crippen LogP contribution in [-0.4, -0.2) is 6.36 Å². The van der Waals surface area contributed by atoms with Crippen LogP contribution in [0.3, 0.4) is 0 Å². The fourth-order valence-electron chi connectivity index (χ4n) is 1.99. The second-order valence-electron chi connectivity index (χ2n) is 4.86. The van der Waals surface area contributed by atoms with Crippen molar-refractivity contribution in [3.05, 3.63) is 59.2 Å². The molecule has 2 nitrogen and oxygen atoms in total. The Morgan fingerprint density at radius 2 is 1.81 bits per heavy atom. The highest BCUT2D eigenvalue weighted by Crippen LogP contribution is 2.25. The Bertz CT molecular complexity index is 623. The van der Waals surface area contributed by atoms with Crippen molar-refractivity contribution in [3.63, 3.8) is 0 Å². The van der Waals surface area contributed by atoms with Gasteiger partial charge in [0.05, 0.1) is 0 Å². The van der Waals surface area contributed by atoms with E-state index in [2.05, 4.69) is 16.1 Å². The zero-order valence-electron chi connectivity index (χ0n) is 11.8. The van der Waals surface area contributed by atoms with E-state index in [-0.39, 0.29) is 5.75 Å². The van der Waals surface area contributed by atoms with Crippen LogP contribution < -0.4 is 10.1 Å². The van der Waals surface area contributed by atoms with Crippen LogP contribution in [0.2, 0.25) is 0 Å². The number of hydrogen-bond donors (Lipinski definition) is 1. The number of alkyl halides is 3. The Balaban J connectivity index is 2.06. The number of benzene rings is 2. The molecule has 0 saturated carbocycles. The van der Waals surface area contributed by atoms with Gasteiger partial charge >= 0.3 is 6.36 Å². The van der Waals surface area contributed by atoms with Gasteiger partial charge < -0.3 is 10.1 Å². The summed E-state index contributed by atoms with van der Waals surface area (Å²) in [7, 11) is 0. The fourth-order valence-corrected chi connectivity index (χ4v) is 1.99. The molecule has 0 aliphatic carbocycles. The predicted octanol–water partition coefficient (Wildman–Crippen LogP) is 4.81. The van der Waals surface area contributed by atoms with E-state index in [1.807, 2.05) is 26.0 Å². The molecule has 0 aliphatic rings. The molecule has 0 atom stereocenters. The smallest absolute Gasteiger partial charge is 0.406 e. The van der Waals surface area contributed by atoms with E-state index in [1.54, 1.807) is 6.07 Å². The first-order valence-electron chi connectivity index (χ1n) is 6.49. The van der Waals surface area contributed by atoms with Crippen molar-refractivity contribution in [3.8, 4) is 5.75 Å². The summed E-state index contributed by atoms with van der Waals surface area (Å²) in [6.07, 6.45) is -4.67. The number of rotatable bonds is 4. The third-order valence-corrected chi connectivity index (χ3v) is 3.06. The molecular formula is C16H16F3NO. The first-order valence-corrected chi connectivity index (χ1v) is 6.49. The van der Waals surface area contributed by atoms with Gasteiger partial charge in [0.2, 0.25) is 0 Å². The van der Waals surface area contributed by atoms with Gasteiger partial charge in [0.25, 0.3) is 0 Å². The van der Waals surface area contributed by atoms with Crippen molar-refractivity contribution in [2.24, 2.45) is 0 Å². The second kappa shape index (κ2) is 6.08. The Labute approximate surface area is 121 Å². The maximum absolute atomic E-state index is 12.2. The highest BCUT2D eigenvalue weighted by molar-refractivity contribution is 5.49. The van der Waals surface area contributed by atoms with E-state index in [0.29, 0.717) is 12.2 Å². The number of halogens is 3. The van der Waals surface area contributed by atoms with E-state index in [0.717, 1.165) is 16.7 Å². The van der Waals surface area contributed by atoms with Crippen LogP contribution in [0.1, 0.15) is 16.7 Å². The first kappa shape index (κ1) is 15.2. The Kier molecular flexibility index (Phi) is 4.40. The molecule has 0 amide bonds. The zero-order chi connectivity index (χ0) is 15.5. The van der Waals surface area contributed by atoms with Gasteiger partial charge in [-0.05, 0) is 37.1 Å². The van der Waals surface area contributed by atoms with Gasteiger partial charge in [0, 0.05) is 18.3 Å². The average molecular weight is 295 g/mol. The van der Waals surface area contributed by atoms with Gasteiger partial charge in [-0.1, -0.05) is 29.8 Å². The number of anilines is 1. The van der Waals surface area contributed by atoms with Crippen LogP contribution in [0.15, 0.2) is 42.5 Å². The number of ether oxygens (including phenoxy) is 1. The molecule has 0 aliphatic heterocycles. The lowest BCUT2D eigenvalue weighted by atomic mass is 10.1. The largest absolute Gasteiger partial charge is 0.573 e. The monoisotopic (exact) mass is 295 g/mol. The van der Waals surface area contributed by atoms with Crippen molar-refractivity contribution in [1.29, 1.82) is 0 Å². The molecule has 21 heavy (non-hydrogen) atoms. The van der Waals surface area contributed by atoms with Gasteiger partial charge in [-0.2, -0.15) is 0 Å². The lowest BCUT2D eigenvalue weighted by Crippen LogP contribution is -2.17. The molecule has 1 N–H and O–H groups in total. The third-order valence-electron chi connectivity index (χ3n) is 3.06. The maximum atomic E-state index is 12.2. The summed E-state index contributed by atoms with van der Waals surface area (Å²) in [6.45, 7) is 4.54. The van der Waals surface area contributed by atoms with Crippen molar-refractivity contribution in [2.45, 2.75) is 26.8 Å². The molecule has 0 fully saturated rings. The average Bonchev–Trinajstić information content (AvgIpc) is 2.38. The van der Waals surface area contributed by atoms with Gasteiger partial charge in [-0.15, -0.1) is 13.2 Å². The van der Waals surface area contributed by atoms with Gasteiger partial charge in [-0.3, -0.25) is 0 Å². The van der Waals surface area contributed by atoms with Gasteiger partial charge in [0.1, 0.15) is 5.75 Å². The van der Waals surface area contributed by atoms with E-state index >= 15 is 0 Å². The van der Waals surface area contributed by atoms with Crippen molar-refractivity contribution < 1.29 is 17.9 Å². The van der Waals surface area contributed by atoms with Crippen LogP contribution in [0.5, 0.6) is 5.75 Å². The number of hydrogen-bond acceptors (Lipinski definition) is 2. The van der Waals surface area contributed by atoms with Crippen molar-refractivity contribution >= 4 is 5.69 Å². The van der Waals surface area contributed by atoms with Gasteiger partial charge in [-0.25, -0.2) is 0 Å². The van der Waals surface area contributed by atoms with Crippen LogP contribution in [0.25, 0.3) is 0 Å². The summed E-state index contributed by atoms with van der Waals surface area (Å²) in [5.74, 6) is -0.228. The van der Waals surface area contributed by atoms with Crippen LogP contribution in [0.4, 0.5) is 18.9 Å². The molecule has 0 heterocycles. The minimum atomic E-state index is -4.67. The Morgan fingerprint density at radius 1 is 1.05 bits per heavy atom. The standard InChI is InChI=1S/C16H16F3NO/c1-11-6-7-12(2)13(8-11)10-20-14-4-3-5-15(9-14)21-16(17,18)19/h3-9,20H,10H2,1-2H3. The summed E-state index contributed by atoms with van der Waals surface area (Å²) in [4.78, 5) is 0. The molecule has 0 aromatic heterocycles. The van der Waals surface area contributed by atoms with E-state index < -0.39 is 6.36 Å². The van der Waals surface area contributed by atoms with Crippen LogP contribution in [0, 0.1) is 13.8 Å². The first-order chi connectivity index (χ1) is 9.83. The minimum Gasteiger partial charge on any atom is -0.406 e. The molecule has 0 spiro atoms. The molecule has 0 bridgehead atoms. The molecular weight excluding hydrogens is 279 g/mol. The van der Waals surface area contributed by atoms with E-state index in [1.165, 1.54) is 18.2 Å². The molecule has 5 heteroatoms. The number of nitrogens with one attached hydrogen (secondary N) is 1. The maximum Gasteiger partial charge on any atom is 0.573 e. The lowest BCUT2D eigenvalue weighted by Gasteiger charge is -2.12. The van der Waals surface area contributed by atoms with E-state index in [4.69, 9.17) is 0 Å². The second-order valence-corrected chi connectivity index (χ2v) is 4.86. The third kappa shape index (κ3) is 4.70. The SMILES string of the molecule is Cc1ccc(C)c(CNc2cccc(OC(F)(F)F)c2)c1. The van der Waals surface area contributed by atoms with Crippen molar-refractivity contribution in [1.82, 2.24) is 0 Å². The van der Waals surface area contributed by atoms with Crippen LogP contribution in [-0.2, 0) is 6.54 Å². The molecule has 0 radical (unpaired) electrons. The lowest BCUT2D eigenvalue weighted by molar-refractivity contribution is -0.274. The van der Waals surface area contributed by atoms with Gasteiger partial charge in [0.15, 0.2) is 0 Å². The molecule has 0 saturated heterocycles. The Hall–Kier alpha value is -2.17. The normalized spacial score (nSPS) is 11.3. The van der Waals surface area contributed by atoms with Crippen molar-refractivity contribution in [2.75, 3.05) is 5.32 Å². The van der Waals surface area contributed by atoms with Crippen LogP contribution >= 0.6 is 0 Å². The van der Waals surface area contributed by atoms with E-state index in [9.17, 15) is 13.2 Å². The highest BCUT2D eigenvalue weighted by Gasteiger charge is 2.31. The highest BCUT2D eigenvalue weighted by atomic mass is 19.4. The molecule has 2 aromatic rings. The Morgan fingerprint density at radius 3 is 2.52 bits per heavy atom. The molecule has 112 valence electrons. The summed E-state index contributed by atoms with van der Waals surface area (Å²) < 4.78 is 40.4. The zero-order valence-corrected chi connectivity index (χ0v) is 11.8. The summed E-state index contributed by atoms with van der Waals surface area (Å²) in [6, 6.07) is 11.9. The summed E-state index contributed by atoms with van der Waals surface area (Å²) in [5.41, 5.74) is 3.97. The minimum absolute atomic E-state index is 0.228. The predicted molar refractivity (Wildman–Crippen MR) is 76.4 cm³/mol. The molecule has 2 rings (SSSR count). The topological polar surface area (TPSA) is 21.3 Å². The quantitative estimate of drug-likeness (QED) is 0.873. The molecule has 2 aromatic carbocycles. The fraction of sp³-hybridized carbons (Fsp3) is 0.250. The number of aryl methyl sites for hydroxylation is 2. The summed E-state index contributed by atoms with van der Waals surface area (Å²) >= 11 is 0. The summed E-state index contributed by atoms with van der Waals surface area (Å²) in [5, 5.41) is 3.11. The molecule has 0 unspecified atom stereocenters.